The third kappa shape index (κ3) is 3.98. The minimum atomic E-state index is -3.49. The summed E-state index contributed by atoms with van der Waals surface area (Å²) in [6, 6.07) is 3.49. The Morgan fingerprint density at radius 2 is 2.33 bits per heavy atom. The summed E-state index contributed by atoms with van der Waals surface area (Å²) in [7, 11) is -3.49. The van der Waals surface area contributed by atoms with E-state index in [0.717, 1.165) is 16.1 Å². The number of piperidine rings is 1. The van der Waals surface area contributed by atoms with Gasteiger partial charge in [-0.3, -0.25) is 9.78 Å². The van der Waals surface area contributed by atoms with Gasteiger partial charge in [0.25, 0.3) is 5.91 Å². The molecule has 1 atom stereocenters. The van der Waals surface area contributed by atoms with Gasteiger partial charge < -0.3 is 5.32 Å². The number of sulfonamides is 1. The van der Waals surface area contributed by atoms with Gasteiger partial charge in [0.15, 0.2) is 0 Å². The van der Waals surface area contributed by atoms with Crippen molar-refractivity contribution in [1.29, 1.82) is 0 Å². The van der Waals surface area contributed by atoms with E-state index >= 15 is 0 Å². The number of hydrogen-bond acceptors (Lipinski definition) is 4. The molecular formula is C13H18FN3O3S. The predicted molar refractivity (Wildman–Crippen MR) is 75.6 cm³/mol. The summed E-state index contributed by atoms with van der Waals surface area (Å²) in [5, 5.41) is 2.51. The summed E-state index contributed by atoms with van der Waals surface area (Å²) in [5.41, 5.74) is -1.42. The van der Waals surface area contributed by atoms with Crippen LogP contribution in [0.4, 0.5) is 4.39 Å². The van der Waals surface area contributed by atoms with Crippen molar-refractivity contribution < 1.29 is 17.6 Å². The summed E-state index contributed by atoms with van der Waals surface area (Å²) in [6.45, 7) is -0.0116. The Morgan fingerprint density at radius 1 is 1.57 bits per heavy atom. The van der Waals surface area contributed by atoms with Gasteiger partial charge in [0.1, 0.15) is 0 Å². The Kier molecular flexibility index (Phi) is 4.58. The molecule has 0 aromatic carbocycles. The maximum Gasteiger partial charge on any atom is 0.259 e. The van der Waals surface area contributed by atoms with Gasteiger partial charge in [-0.15, -0.1) is 0 Å². The van der Waals surface area contributed by atoms with Gasteiger partial charge in [-0.1, -0.05) is 6.07 Å². The van der Waals surface area contributed by atoms with Crippen LogP contribution in [-0.4, -0.2) is 48.6 Å². The van der Waals surface area contributed by atoms with E-state index in [-0.39, 0.29) is 19.5 Å². The van der Waals surface area contributed by atoms with Crippen LogP contribution < -0.4 is 5.32 Å². The summed E-state index contributed by atoms with van der Waals surface area (Å²) >= 11 is 0. The first-order valence-corrected chi connectivity index (χ1v) is 8.47. The van der Waals surface area contributed by atoms with Crippen molar-refractivity contribution in [2.45, 2.75) is 25.1 Å². The van der Waals surface area contributed by atoms with E-state index < -0.39 is 28.1 Å². The highest BCUT2D eigenvalue weighted by atomic mass is 32.2. The molecule has 116 valence electrons. The van der Waals surface area contributed by atoms with E-state index in [4.69, 9.17) is 0 Å². The number of halogens is 1. The van der Waals surface area contributed by atoms with Crippen LogP contribution in [0.15, 0.2) is 24.5 Å². The molecule has 0 spiro atoms. The van der Waals surface area contributed by atoms with E-state index in [0.29, 0.717) is 6.42 Å². The topological polar surface area (TPSA) is 79.4 Å². The van der Waals surface area contributed by atoms with E-state index in [1.165, 1.54) is 0 Å². The van der Waals surface area contributed by atoms with Crippen LogP contribution in [0.3, 0.4) is 0 Å². The lowest BCUT2D eigenvalue weighted by atomic mass is 9.95. The van der Waals surface area contributed by atoms with Crippen molar-refractivity contribution in [2.24, 2.45) is 0 Å². The zero-order valence-corrected chi connectivity index (χ0v) is 12.6. The molecule has 1 aromatic rings. The molecule has 1 saturated heterocycles. The van der Waals surface area contributed by atoms with Gasteiger partial charge in [-0.25, -0.2) is 12.8 Å². The third-order valence-electron chi connectivity index (χ3n) is 3.46. The molecular weight excluding hydrogens is 297 g/mol. The molecule has 1 fully saturated rings. The molecule has 2 rings (SSSR count). The van der Waals surface area contributed by atoms with Gasteiger partial charge in [0.2, 0.25) is 15.7 Å². The fourth-order valence-electron chi connectivity index (χ4n) is 2.29. The number of carbonyl (C=O) groups excluding carboxylic acids is 1. The zero-order chi connectivity index (χ0) is 15.5. The molecule has 0 bridgehead atoms. The number of alkyl halides is 1. The van der Waals surface area contributed by atoms with Gasteiger partial charge in [-0.2, -0.15) is 4.31 Å². The van der Waals surface area contributed by atoms with Crippen molar-refractivity contribution in [3.05, 3.63) is 30.1 Å². The average molecular weight is 315 g/mol. The molecule has 8 heteroatoms. The first kappa shape index (κ1) is 15.8. The first-order chi connectivity index (χ1) is 9.81. The third-order valence-corrected chi connectivity index (χ3v) is 4.71. The lowest BCUT2D eigenvalue weighted by Crippen LogP contribution is -2.55. The van der Waals surface area contributed by atoms with Gasteiger partial charge in [0.05, 0.1) is 12.8 Å². The van der Waals surface area contributed by atoms with E-state index in [1.54, 1.807) is 24.5 Å². The minimum Gasteiger partial charge on any atom is -0.349 e. The number of nitrogens with zero attached hydrogens (tertiary/aromatic N) is 2. The van der Waals surface area contributed by atoms with Gasteiger partial charge in [0, 0.05) is 25.5 Å². The minimum absolute atomic E-state index is 0.0257. The summed E-state index contributed by atoms with van der Waals surface area (Å²) in [4.78, 5) is 15.9. The second-order valence-corrected chi connectivity index (χ2v) is 7.19. The summed E-state index contributed by atoms with van der Waals surface area (Å²) in [5.74, 6) is -0.778. The molecule has 1 N–H and O–H groups in total. The predicted octanol–water partition coefficient (Wildman–Crippen LogP) is 0.461. The van der Waals surface area contributed by atoms with E-state index in [1.807, 2.05) is 0 Å². The molecule has 21 heavy (non-hydrogen) atoms. The largest absolute Gasteiger partial charge is 0.349 e. The highest BCUT2D eigenvalue weighted by Crippen LogP contribution is 2.27. The quantitative estimate of drug-likeness (QED) is 0.875. The van der Waals surface area contributed by atoms with Crippen LogP contribution in [0.5, 0.6) is 0 Å². The number of nitrogens with one attached hydrogen (secondary N) is 1. The Bertz CT molecular complexity index is 608. The van der Waals surface area contributed by atoms with Crippen LogP contribution in [0.1, 0.15) is 18.4 Å². The van der Waals surface area contributed by atoms with Crippen LogP contribution in [0.25, 0.3) is 0 Å². The maximum absolute atomic E-state index is 14.7. The van der Waals surface area contributed by atoms with Crippen LogP contribution in [0, 0.1) is 0 Å². The Labute approximate surface area is 123 Å². The smallest absolute Gasteiger partial charge is 0.259 e. The fourth-order valence-corrected chi connectivity index (χ4v) is 3.18. The van der Waals surface area contributed by atoms with Crippen LogP contribution >= 0.6 is 0 Å². The lowest BCUT2D eigenvalue weighted by Gasteiger charge is -2.34. The first-order valence-electron chi connectivity index (χ1n) is 6.62. The SMILES string of the molecule is CS(=O)(=O)N1CCCC(F)(C(=O)NCc2cccnc2)C1. The number of carbonyl (C=O) groups is 1. The van der Waals surface area contributed by atoms with Crippen LogP contribution in [-0.2, 0) is 21.4 Å². The molecule has 1 unspecified atom stereocenters. The second kappa shape index (κ2) is 6.07. The van der Waals surface area contributed by atoms with Gasteiger partial charge >= 0.3 is 0 Å². The zero-order valence-electron chi connectivity index (χ0n) is 11.8. The molecule has 0 saturated carbocycles. The van der Waals surface area contributed by atoms with E-state index in [9.17, 15) is 17.6 Å². The average Bonchev–Trinajstić information content (AvgIpc) is 2.45. The summed E-state index contributed by atoms with van der Waals surface area (Å²) < 4.78 is 38.7. The van der Waals surface area contributed by atoms with Crippen molar-refractivity contribution in [3.8, 4) is 0 Å². The normalized spacial score (nSPS) is 23.7. The Balaban J connectivity index is 2.00. The van der Waals surface area contributed by atoms with Crippen molar-refractivity contribution in [1.82, 2.24) is 14.6 Å². The molecule has 2 heterocycles. The molecule has 6 nitrogen and oxygen atoms in total. The molecule has 0 radical (unpaired) electrons. The number of amides is 1. The molecule has 1 amide bonds. The monoisotopic (exact) mass is 315 g/mol. The number of aromatic nitrogens is 1. The van der Waals surface area contributed by atoms with E-state index in [2.05, 4.69) is 10.3 Å². The van der Waals surface area contributed by atoms with Crippen molar-refractivity contribution in [2.75, 3.05) is 19.3 Å². The second-order valence-electron chi connectivity index (χ2n) is 5.21. The van der Waals surface area contributed by atoms with Crippen molar-refractivity contribution in [3.63, 3.8) is 0 Å². The standard InChI is InChI=1S/C13H18FN3O3S/c1-21(19,20)17-7-3-5-13(14,10-17)12(18)16-9-11-4-2-6-15-8-11/h2,4,6,8H,3,5,7,9-10H2,1H3,(H,16,18). The molecule has 0 aliphatic carbocycles. The van der Waals surface area contributed by atoms with Crippen LogP contribution in [0.2, 0.25) is 0 Å². The number of pyridine rings is 1. The van der Waals surface area contributed by atoms with Crippen molar-refractivity contribution >= 4 is 15.9 Å². The van der Waals surface area contributed by atoms with Gasteiger partial charge in [-0.05, 0) is 24.5 Å². The molecule has 1 aromatic heterocycles. The maximum atomic E-state index is 14.7. The molecule has 1 aliphatic heterocycles. The lowest BCUT2D eigenvalue weighted by molar-refractivity contribution is -0.135. The highest BCUT2D eigenvalue weighted by Gasteiger charge is 2.44. The fraction of sp³-hybridized carbons (Fsp3) is 0.538. The Morgan fingerprint density at radius 3 is 2.95 bits per heavy atom. The highest BCUT2D eigenvalue weighted by molar-refractivity contribution is 7.88. The number of hydrogen-bond donors (Lipinski definition) is 1. The number of rotatable bonds is 4. The summed E-state index contributed by atoms with van der Waals surface area (Å²) in [6.07, 6.45) is 4.55. The molecule has 1 aliphatic rings. The Hall–Kier alpha value is -1.54.